The van der Waals surface area contributed by atoms with Gasteiger partial charge in [-0.25, -0.2) is 10.1 Å². The van der Waals surface area contributed by atoms with Crippen LogP contribution >= 0.6 is 23.2 Å². The summed E-state index contributed by atoms with van der Waals surface area (Å²) in [7, 11) is 0. The van der Waals surface area contributed by atoms with Crippen molar-refractivity contribution in [3.63, 3.8) is 0 Å². The SMILES string of the molecule is N/C(=N/N=C/c1ccc(Cl)cc1Cl)N[N+](=O)[O-]. The Balaban J connectivity index is 2.74. The van der Waals surface area contributed by atoms with Crippen molar-refractivity contribution in [3.8, 4) is 0 Å². The molecule has 0 aliphatic heterocycles. The van der Waals surface area contributed by atoms with Crippen molar-refractivity contribution in [2.75, 3.05) is 0 Å². The Labute approximate surface area is 106 Å². The molecule has 0 fully saturated rings. The molecular formula is C8H7Cl2N5O2. The number of nitrogens with zero attached hydrogens (tertiary/aromatic N) is 3. The fourth-order valence-electron chi connectivity index (χ4n) is 0.875. The maximum absolute atomic E-state index is 9.98. The molecule has 17 heavy (non-hydrogen) atoms. The standard InChI is InChI=1S/C8H7Cl2N5O2/c9-6-2-1-5(7(10)3-6)4-12-13-8(11)14-15(16)17/h1-4H,(H3,11,13,14)/b12-4+. The lowest BCUT2D eigenvalue weighted by atomic mass is 10.2. The van der Waals surface area contributed by atoms with Crippen LogP contribution in [-0.2, 0) is 0 Å². The number of nitrogens with one attached hydrogen (secondary N) is 1. The summed E-state index contributed by atoms with van der Waals surface area (Å²) in [6.45, 7) is 0. The molecule has 0 aliphatic carbocycles. The first-order valence-electron chi connectivity index (χ1n) is 4.21. The van der Waals surface area contributed by atoms with Gasteiger partial charge in [-0.1, -0.05) is 34.7 Å². The number of rotatable bonds is 3. The fraction of sp³-hybridized carbons (Fsp3) is 0. The molecule has 0 atom stereocenters. The van der Waals surface area contributed by atoms with Gasteiger partial charge >= 0.3 is 0 Å². The quantitative estimate of drug-likeness (QED) is 0.377. The van der Waals surface area contributed by atoms with Crippen LogP contribution in [-0.4, -0.2) is 17.2 Å². The number of hydrogen-bond donors (Lipinski definition) is 2. The zero-order valence-electron chi connectivity index (χ0n) is 8.30. The predicted molar refractivity (Wildman–Crippen MR) is 65.8 cm³/mol. The molecule has 1 aromatic carbocycles. The van der Waals surface area contributed by atoms with Crippen molar-refractivity contribution in [1.29, 1.82) is 0 Å². The minimum Gasteiger partial charge on any atom is -0.364 e. The highest BCUT2D eigenvalue weighted by Crippen LogP contribution is 2.19. The van der Waals surface area contributed by atoms with Crippen molar-refractivity contribution < 1.29 is 5.03 Å². The van der Waals surface area contributed by atoms with Crippen molar-refractivity contribution in [3.05, 3.63) is 43.9 Å². The van der Waals surface area contributed by atoms with E-state index < -0.39 is 11.0 Å². The first-order chi connectivity index (χ1) is 7.99. The molecule has 0 heterocycles. The van der Waals surface area contributed by atoms with Crippen molar-refractivity contribution in [2.45, 2.75) is 0 Å². The summed E-state index contributed by atoms with van der Waals surface area (Å²) >= 11 is 11.5. The predicted octanol–water partition coefficient (Wildman–Crippen LogP) is 1.42. The molecule has 1 rings (SSSR count). The van der Waals surface area contributed by atoms with Crippen LogP contribution in [0.1, 0.15) is 5.56 Å². The Kier molecular flexibility index (Phi) is 4.68. The molecule has 0 radical (unpaired) electrons. The number of halogens is 2. The second-order valence-electron chi connectivity index (χ2n) is 2.76. The molecule has 0 saturated heterocycles. The second-order valence-corrected chi connectivity index (χ2v) is 3.61. The number of hydrogen-bond acceptors (Lipinski definition) is 4. The molecule has 9 heteroatoms. The number of nitro groups is 1. The van der Waals surface area contributed by atoms with E-state index in [1.807, 2.05) is 0 Å². The summed E-state index contributed by atoms with van der Waals surface area (Å²) in [5, 5.41) is 16.9. The Hall–Kier alpha value is -1.86. The van der Waals surface area contributed by atoms with Crippen LogP contribution in [0, 0.1) is 10.1 Å². The average molecular weight is 276 g/mol. The highest BCUT2D eigenvalue weighted by molar-refractivity contribution is 6.36. The Morgan fingerprint density at radius 1 is 1.53 bits per heavy atom. The van der Waals surface area contributed by atoms with Gasteiger partial charge in [-0.15, -0.1) is 5.10 Å². The zero-order chi connectivity index (χ0) is 12.8. The van der Waals surface area contributed by atoms with Gasteiger partial charge < -0.3 is 5.73 Å². The third kappa shape index (κ3) is 4.66. The largest absolute Gasteiger partial charge is 0.364 e. The van der Waals surface area contributed by atoms with Crippen LogP contribution < -0.4 is 11.2 Å². The van der Waals surface area contributed by atoms with Gasteiger partial charge in [0.15, 0.2) is 5.03 Å². The summed E-state index contributed by atoms with van der Waals surface area (Å²) in [6.07, 6.45) is 1.30. The van der Waals surface area contributed by atoms with Crippen LogP contribution in [0.25, 0.3) is 0 Å². The monoisotopic (exact) mass is 275 g/mol. The first kappa shape index (κ1) is 13.2. The number of guanidine groups is 1. The molecule has 0 spiro atoms. The molecule has 90 valence electrons. The van der Waals surface area contributed by atoms with Crippen LogP contribution in [0.4, 0.5) is 0 Å². The van der Waals surface area contributed by atoms with Gasteiger partial charge in [-0.05, 0) is 12.1 Å². The molecule has 0 aliphatic rings. The van der Waals surface area contributed by atoms with Crippen molar-refractivity contribution in [1.82, 2.24) is 5.43 Å². The van der Waals surface area contributed by atoms with E-state index in [9.17, 15) is 10.1 Å². The normalized spacial score (nSPS) is 11.8. The summed E-state index contributed by atoms with van der Waals surface area (Å²) in [6, 6.07) is 4.78. The second kappa shape index (κ2) is 6.02. The Morgan fingerprint density at radius 2 is 2.24 bits per heavy atom. The van der Waals surface area contributed by atoms with Gasteiger partial charge in [0.05, 0.1) is 11.2 Å². The van der Waals surface area contributed by atoms with E-state index in [2.05, 4.69) is 10.2 Å². The van der Waals surface area contributed by atoms with Crippen LogP contribution in [0.5, 0.6) is 0 Å². The van der Waals surface area contributed by atoms with Crippen LogP contribution in [0.15, 0.2) is 28.4 Å². The van der Waals surface area contributed by atoms with E-state index in [1.54, 1.807) is 17.6 Å². The number of benzene rings is 1. The Morgan fingerprint density at radius 3 is 2.82 bits per heavy atom. The van der Waals surface area contributed by atoms with Gasteiger partial charge in [0.2, 0.25) is 0 Å². The van der Waals surface area contributed by atoms with Crippen molar-refractivity contribution in [2.24, 2.45) is 15.9 Å². The molecule has 3 N–H and O–H groups in total. The zero-order valence-corrected chi connectivity index (χ0v) is 9.81. The third-order valence-electron chi connectivity index (χ3n) is 1.53. The summed E-state index contributed by atoms with van der Waals surface area (Å²) in [5.74, 6) is -0.434. The minimum atomic E-state index is -0.844. The minimum absolute atomic E-state index is 0.386. The molecule has 0 aromatic heterocycles. The molecular weight excluding hydrogens is 269 g/mol. The molecule has 0 bridgehead atoms. The van der Waals surface area contributed by atoms with E-state index in [1.165, 1.54) is 12.3 Å². The molecule has 0 saturated carbocycles. The molecule has 1 aromatic rings. The average Bonchev–Trinajstić information content (AvgIpc) is 2.20. The highest BCUT2D eigenvalue weighted by atomic mass is 35.5. The lowest BCUT2D eigenvalue weighted by Gasteiger charge is -1.96. The smallest absolute Gasteiger partial charge is 0.275 e. The maximum atomic E-state index is 9.98. The van der Waals surface area contributed by atoms with Crippen molar-refractivity contribution >= 4 is 35.4 Å². The van der Waals surface area contributed by atoms with Crippen LogP contribution in [0.2, 0.25) is 10.0 Å². The number of nitrogens with two attached hydrogens (primary N) is 1. The van der Waals surface area contributed by atoms with Gasteiger partial charge in [0, 0.05) is 10.6 Å². The lowest BCUT2D eigenvalue weighted by molar-refractivity contribution is -0.525. The summed E-state index contributed by atoms with van der Waals surface area (Å²) in [5.41, 5.74) is 7.33. The summed E-state index contributed by atoms with van der Waals surface area (Å²) < 4.78 is 0. The van der Waals surface area contributed by atoms with Gasteiger partial charge in [-0.3, -0.25) is 0 Å². The molecule has 0 unspecified atom stereocenters. The summed E-state index contributed by atoms with van der Waals surface area (Å²) in [4.78, 5) is 9.98. The van der Waals surface area contributed by atoms with Crippen LogP contribution in [0.3, 0.4) is 0 Å². The van der Waals surface area contributed by atoms with E-state index in [0.717, 1.165) is 0 Å². The highest BCUT2D eigenvalue weighted by Gasteiger charge is 1.99. The van der Waals surface area contributed by atoms with E-state index in [0.29, 0.717) is 15.6 Å². The van der Waals surface area contributed by atoms with Gasteiger partial charge in [0.25, 0.3) is 5.96 Å². The lowest BCUT2D eigenvalue weighted by Crippen LogP contribution is -2.35. The number of hydrazine groups is 1. The van der Waals surface area contributed by atoms with Gasteiger partial charge in [0.1, 0.15) is 0 Å². The Bertz CT molecular complexity index is 489. The first-order valence-corrected chi connectivity index (χ1v) is 4.97. The van der Waals surface area contributed by atoms with E-state index in [4.69, 9.17) is 28.9 Å². The molecule has 0 amide bonds. The molecule has 7 nitrogen and oxygen atoms in total. The van der Waals surface area contributed by atoms with E-state index >= 15 is 0 Å². The maximum Gasteiger partial charge on any atom is 0.275 e. The fourth-order valence-corrected chi connectivity index (χ4v) is 1.33. The van der Waals surface area contributed by atoms with E-state index in [-0.39, 0.29) is 0 Å². The third-order valence-corrected chi connectivity index (χ3v) is 2.09. The van der Waals surface area contributed by atoms with Gasteiger partial charge in [-0.2, -0.15) is 5.10 Å². The topological polar surface area (TPSA) is 106 Å².